The van der Waals surface area contributed by atoms with E-state index in [1.165, 1.54) is 24.0 Å². The number of methoxy groups -OCH3 is 1. The highest BCUT2D eigenvalue weighted by Crippen LogP contribution is 2.21. The number of hydrogen-bond acceptors (Lipinski definition) is 3. The Kier molecular flexibility index (Phi) is 6.02. The number of ether oxygens (including phenoxy) is 2. The van der Waals surface area contributed by atoms with Crippen LogP contribution >= 0.6 is 0 Å². The Bertz CT molecular complexity index is 386. The molecule has 1 aromatic carbocycles. The highest BCUT2D eigenvalue weighted by Gasteiger charge is 2.21. The Morgan fingerprint density at radius 1 is 1.20 bits per heavy atom. The zero-order valence-corrected chi connectivity index (χ0v) is 12.9. The van der Waals surface area contributed by atoms with Gasteiger partial charge >= 0.3 is 0 Å². The van der Waals surface area contributed by atoms with Gasteiger partial charge in [-0.05, 0) is 36.8 Å². The molecule has 0 amide bonds. The predicted molar refractivity (Wildman–Crippen MR) is 82.0 cm³/mol. The molecule has 2 unspecified atom stereocenters. The van der Waals surface area contributed by atoms with Gasteiger partial charge in [0, 0.05) is 19.7 Å². The second-order valence-electron chi connectivity index (χ2n) is 5.90. The van der Waals surface area contributed by atoms with Gasteiger partial charge < -0.3 is 14.8 Å². The Morgan fingerprint density at radius 2 is 1.90 bits per heavy atom. The van der Waals surface area contributed by atoms with E-state index in [0.29, 0.717) is 19.1 Å². The van der Waals surface area contributed by atoms with Crippen molar-refractivity contribution in [1.29, 1.82) is 0 Å². The van der Waals surface area contributed by atoms with Gasteiger partial charge in [-0.25, -0.2) is 0 Å². The quantitative estimate of drug-likeness (QED) is 0.752. The fourth-order valence-electron chi connectivity index (χ4n) is 2.21. The van der Waals surface area contributed by atoms with Crippen molar-refractivity contribution in [3.05, 3.63) is 35.4 Å². The minimum atomic E-state index is 0.140. The first-order chi connectivity index (χ1) is 9.69. The molecule has 0 aromatic heterocycles. The lowest BCUT2D eigenvalue weighted by Gasteiger charge is -2.15. The maximum absolute atomic E-state index is 5.72. The molecule has 0 spiro atoms. The lowest BCUT2D eigenvalue weighted by Crippen LogP contribution is -2.22. The van der Waals surface area contributed by atoms with Crippen LogP contribution in [0.2, 0.25) is 0 Å². The number of nitrogens with one attached hydrogen (secondary N) is 1. The molecule has 3 nitrogen and oxygen atoms in total. The van der Waals surface area contributed by atoms with E-state index in [9.17, 15) is 0 Å². The zero-order chi connectivity index (χ0) is 14.4. The summed E-state index contributed by atoms with van der Waals surface area (Å²) in [6.07, 6.45) is 2.84. The Labute approximate surface area is 122 Å². The summed E-state index contributed by atoms with van der Waals surface area (Å²) >= 11 is 0. The number of rotatable bonds is 9. The first-order valence-corrected chi connectivity index (χ1v) is 7.61. The van der Waals surface area contributed by atoms with E-state index < -0.39 is 0 Å². The fourth-order valence-corrected chi connectivity index (χ4v) is 2.21. The molecular weight excluding hydrogens is 250 g/mol. The maximum atomic E-state index is 5.72. The molecule has 2 atom stereocenters. The Hall–Kier alpha value is -0.900. The molecule has 3 heteroatoms. The van der Waals surface area contributed by atoms with Crippen LogP contribution < -0.4 is 5.32 Å². The summed E-state index contributed by atoms with van der Waals surface area (Å²) in [6, 6.07) is 9.57. The largest absolute Gasteiger partial charge is 0.382 e. The molecule has 0 radical (unpaired) electrons. The lowest BCUT2D eigenvalue weighted by molar-refractivity contribution is -0.000130. The predicted octanol–water partition coefficient (Wildman–Crippen LogP) is 3.09. The normalized spacial score (nSPS) is 17.9. The molecule has 1 aliphatic carbocycles. The van der Waals surface area contributed by atoms with Gasteiger partial charge in [0.1, 0.15) is 0 Å². The van der Waals surface area contributed by atoms with Crippen LogP contribution in [-0.2, 0) is 16.1 Å². The molecule has 0 bridgehead atoms. The van der Waals surface area contributed by atoms with Crippen molar-refractivity contribution >= 4 is 0 Å². The van der Waals surface area contributed by atoms with E-state index in [2.05, 4.69) is 36.5 Å². The zero-order valence-electron chi connectivity index (χ0n) is 12.9. The summed E-state index contributed by atoms with van der Waals surface area (Å²) in [5, 5.41) is 3.58. The number of benzene rings is 1. The molecule has 1 fully saturated rings. The van der Waals surface area contributed by atoms with Gasteiger partial charge in [-0.2, -0.15) is 0 Å². The Morgan fingerprint density at radius 3 is 2.50 bits per heavy atom. The van der Waals surface area contributed by atoms with E-state index in [-0.39, 0.29) is 6.10 Å². The van der Waals surface area contributed by atoms with Crippen molar-refractivity contribution < 1.29 is 9.47 Å². The van der Waals surface area contributed by atoms with E-state index in [4.69, 9.17) is 9.47 Å². The molecular formula is C17H27NO2. The standard InChI is InChI=1S/C17H27NO2/c1-13(10-18-17-8-9-17)16-6-4-15(5-7-16)12-20-14(2)11-19-3/h4-7,13-14,17-18H,8-12H2,1-3H3. The fraction of sp³-hybridized carbons (Fsp3) is 0.647. The van der Waals surface area contributed by atoms with E-state index in [1.807, 2.05) is 6.92 Å². The third-order valence-corrected chi connectivity index (χ3v) is 3.77. The van der Waals surface area contributed by atoms with Gasteiger partial charge in [-0.15, -0.1) is 0 Å². The van der Waals surface area contributed by atoms with Gasteiger partial charge in [0.05, 0.1) is 19.3 Å². The topological polar surface area (TPSA) is 30.5 Å². The average molecular weight is 277 g/mol. The van der Waals surface area contributed by atoms with Crippen LogP contribution in [0, 0.1) is 0 Å². The molecule has 2 rings (SSSR count). The molecule has 1 N–H and O–H groups in total. The van der Waals surface area contributed by atoms with Crippen LogP contribution in [0.1, 0.15) is 43.7 Å². The molecule has 0 aliphatic heterocycles. The summed E-state index contributed by atoms with van der Waals surface area (Å²) in [5.74, 6) is 0.568. The monoisotopic (exact) mass is 277 g/mol. The highest BCUT2D eigenvalue weighted by atomic mass is 16.5. The molecule has 0 heterocycles. The summed E-state index contributed by atoms with van der Waals surface area (Å²) in [5.41, 5.74) is 2.62. The van der Waals surface area contributed by atoms with Crippen molar-refractivity contribution in [2.24, 2.45) is 0 Å². The van der Waals surface area contributed by atoms with Gasteiger partial charge in [-0.1, -0.05) is 31.2 Å². The van der Waals surface area contributed by atoms with Gasteiger partial charge in [0.15, 0.2) is 0 Å². The SMILES string of the molecule is COCC(C)OCc1ccc(C(C)CNC2CC2)cc1. The van der Waals surface area contributed by atoms with Crippen LogP contribution in [0.25, 0.3) is 0 Å². The van der Waals surface area contributed by atoms with Gasteiger partial charge in [-0.3, -0.25) is 0 Å². The van der Waals surface area contributed by atoms with E-state index in [1.54, 1.807) is 7.11 Å². The first kappa shape index (κ1) is 15.5. The van der Waals surface area contributed by atoms with Gasteiger partial charge in [0.25, 0.3) is 0 Å². The first-order valence-electron chi connectivity index (χ1n) is 7.61. The minimum Gasteiger partial charge on any atom is -0.382 e. The summed E-state index contributed by atoms with van der Waals surface area (Å²) in [6.45, 7) is 6.68. The van der Waals surface area contributed by atoms with Crippen molar-refractivity contribution in [3.63, 3.8) is 0 Å². The molecule has 1 aliphatic rings. The van der Waals surface area contributed by atoms with E-state index in [0.717, 1.165) is 12.6 Å². The molecule has 1 saturated carbocycles. The van der Waals surface area contributed by atoms with Crippen molar-refractivity contribution in [1.82, 2.24) is 5.32 Å². The summed E-state index contributed by atoms with van der Waals surface area (Å²) in [4.78, 5) is 0. The smallest absolute Gasteiger partial charge is 0.0784 e. The lowest BCUT2D eigenvalue weighted by atomic mass is 10.00. The highest BCUT2D eigenvalue weighted by molar-refractivity contribution is 5.25. The maximum Gasteiger partial charge on any atom is 0.0784 e. The third kappa shape index (κ3) is 5.23. The van der Waals surface area contributed by atoms with E-state index >= 15 is 0 Å². The third-order valence-electron chi connectivity index (χ3n) is 3.77. The summed E-state index contributed by atoms with van der Waals surface area (Å²) < 4.78 is 10.8. The molecule has 1 aromatic rings. The van der Waals surface area contributed by atoms with Crippen LogP contribution in [0.15, 0.2) is 24.3 Å². The van der Waals surface area contributed by atoms with Crippen LogP contribution in [0.5, 0.6) is 0 Å². The van der Waals surface area contributed by atoms with Crippen molar-refractivity contribution in [3.8, 4) is 0 Å². The minimum absolute atomic E-state index is 0.140. The van der Waals surface area contributed by atoms with Crippen LogP contribution in [-0.4, -0.2) is 32.4 Å². The summed E-state index contributed by atoms with van der Waals surface area (Å²) in [7, 11) is 1.70. The average Bonchev–Trinajstić information content (AvgIpc) is 3.28. The second-order valence-corrected chi connectivity index (χ2v) is 5.90. The van der Waals surface area contributed by atoms with Crippen LogP contribution in [0.4, 0.5) is 0 Å². The molecule has 112 valence electrons. The van der Waals surface area contributed by atoms with Crippen molar-refractivity contribution in [2.75, 3.05) is 20.3 Å². The van der Waals surface area contributed by atoms with Crippen molar-refractivity contribution in [2.45, 2.75) is 51.4 Å². The van der Waals surface area contributed by atoms with Gasteiger partial charge in [0.2, 0.25) is 0 Å². The second kappa shape index (κ2) is 7.77. The Balaban J connectivity index is 1.76. The molecule has 20 heavy (non-hydrogen) atoms. The van der Waals surface area contributed by atoms with Crippen LogP contribution in [0.3, 0.4) is 0 Å². The number of hydrogen-bond donors (Lipinski definition) is 1. The molecule has 0 saturated heterocycles.